The van der Waals surface area contributed by atoms with Gasteiger partial charge in [-0.25, -0.2) is 9.18 Å². The third-order valence-electron chi connectivity index (χ3n) is 3.87. The van der Waals surface area contributed by atoms with Crippen molar-refractivity contribution in [3.8, 4) is 5.69 Å². The van der Waals surface area contributed by atoms with Crippen molar-refractivity contribution in [1.29, 1.82) is 0 Å². The van der Waals surface area contributed by atoms with E-state index in [1.165, 1.54) is 16.2 Å². The number of rotatable bonds is 2. The summed E-state index contributed by atoms with van der Waals surface area (Å²) in [6.07, 6.45) is 1.11. The number of carbonyl (C=O) groups excluding carboxylic acids is 1. The van der Waals surface area contributed by atoms with Crippen LogP contribution in [0.4, 0.5) is 9.18 Å². The van der Waals surface area contributed by atoms with Gasteiger partial charge < -0.3 is 10.0 Å². The number of aliphatic hydroxyl groups is 1. The van der Waals surface area contributed by atoms with E-state index in [0.717, 1.165) is 11.3 Å². The highest BCUT2D eigenvalue weighted by Crippen LogP contribution is 2.19. The minimum atomic E-state index is -0.980. The molecule has 2 amide bonds. The van der Waals surface area contributed by atoms with Crippen molar-refractivity contribution in [2.45, 2.75) is 26.1 Å². The predicted molar refractivity (Wildman–Crippen MR) is 91.4 cm³/mol. The molecule has 1 aliphatic heterocycles. The van der Waals surface area contributed by atoms with Crippen molar-refractivity contribution in [1.82, 2.24) is 9.47 Å². The average molecular weight is 370 g/mol. The number of thiazole rings is 1. The number of benzene rings is 1. The molecule has 24 heavy (non-hydrogen) atoms. The zero-order valence-electron chi connectivity index (χ0n) is 13.1. The van der Waals surface area contributed by atoms with Crippen LogP contribution in [-0.2, 0) is 6.61 Å². The second-order valence-corrected chi connectivity index (χ2v) is 7.17. The Morgan fingerprint density at radius 3 is 2.96 bits per heavy atom. The van der Waals surface area contributed by atoms with Gasteiger partial charge >= 0.3 is 6.03 Å². The van der Waals surface area contributed by atoms with E-state index in [-0.39, 0.29) is 13.2 Å². The number of hydrogen-bond donors (Lipinski definition) is 1. The smallest absolute Gasteiger partial charge is 0.346 e. The van der Waals surface area contributed by atoms with Crippen LogP contribution < -0.4 is 4.80 Å². The van der Waals surface area contributed by atoms with E-state index in [2.05, 4.69) is 4.99 Å². The summed E-state index contributed by atoms with van der Waals surface area (Å²) in [6, 6.07) is 5.02. The first-order chi connectivity index (χ1) is 11.5. The Morgan fingerprint density at radius 1 is 1.54 bits per heavy atom. The summed E-state index contributed by atoms with van der Waals surface area (Å²) in [5, 5.41) is 10.0. The summed E-state index contributed by atoms with van der Waals surface area (Å²) in [5.74, 6) is 0. The monoisotopic (exact) mass is 369 g/mol. The highest BCUT2D eigenvalue weighted by atomic mass is 35.5. The molecule has 3 rings (SSSR count). The Labute approximate surface area is 147 Å². The number of amides is 2. The van der Waals surface area contributed by atoms with Crippen LogP contribution in [0.2, 0.25) is 5.02 Å². The van der Waals surface area contributed by atoms with E-state index < -0.39 is 12.2 Å². The van der Waals surface area contributed by atoms with Crippen LogP contribution in [0.1, 0.15) is 16.9 Å². The highest BCUT2D eigenvalue weighted by Gasteiger charge is 2.25. The number of likely N-dealkylation sites (tertiary alicyclic amines) is 1. The maximum absolute atomic E-state index is 13.3. The Kier molecular flexibility index (Phi) is 5.03. The van der Waals surface area contributed by atoms with Gasteiger partial charge in [-0.3, -0.25) is 4.57 Å². The predicted octanol–water partition coefficient (Wildman–Crippen LogP) is 3.06. The molecule has 1 aromatic carbocycles. The number of alkyl halides is 1. The maximum Gasteiger partial charge on any atom is 0.346 e. The molecule has 0 aliphatic carbocycles. The van der Waals surface area contributed by atoms with Gasteiger partial charge in [0.1, 0.15) is 6.17 Å². The lowest BCUT2D eigenvalue weighted by Crippen LogP contribution is -2.28. The van der Waals surface area contributed by atoms with E-state index in [4.69, 9.17) is 11.6 Å². The topological polar surface area (TPSA) is 57.8 Å². The van der Waals surface area contributed by atoms with Crippen LogP contribution in [0.15, 0.2) is 29.4 Å². The quantitative estimate of drug-likeness (QED) is 0.884. The van der Waals surface area contributed by atoms with Crippen molar-refractivity contribution < 1.29 is 14.3 Å². The fraction of sp³-hybridized carbons (Fsp3) is 0.375. The minimum Gasteiger partial charge on any atom is -0.391 e. The third-order valence-corrected chi connectivity index (χ3v) is 5.26. The molecule has 0 radical (unpaired) electrons. The summed E-state index contributed by atoms with van der Waals surface area (Å²) < 4.78 is 15.0. The van der Waals surface area contributed by atoms with Crippen molar-refractivity contribution in [3.63, 3.8) is 0 Å². The van der Waals surface area contributed by atoms with Crippen molar-refractivity contribution in [2.75, 3.05) is 13.1 Å². The Balaban J connectivity index is 2.01. The van der Waals surface area contributed by atoms with Crippen LogP contribution in [0.25, 0.3) is 5.69 Å². The molecule has 8 heteroatoms. The van der Waals surface area contributed by atoms with Gasteiger partial charge in [-0.1, -0.05) is 22.9 Å². The first-order valence-corrected chi connectivity index (χ1v) is 8.74. The van der Waals surface area contributed by atoms with E-state index in [1.807, 2.05) is 19.1 Å². The zero-order valence-corrected chi connectivity index (χ0v) is 14.6. The van der Waals surface area contributed by atoms with Gasteiger partial charge in [-0.05, 0) is 37.1 Å². The number of hydrogen-bond acceptors (Lipinski definition) is 3. The number of nitrogens with zero attached hydrogens (tertiary/aromatic N) is 3. The highest BCUT2D eigenvalue weighted by molar-refractivity contribution is 7.09. The maximum atomic E-state index is 13.3. The summed E-state index contributed by atoms with van der Waals surface area (Å²) in [4.78, 5) is 18.9. The molecule has 0 saturated carbocycles. The molecule has 1 aromatic heterocycles. The molecule has 1 fully saturated rings. The molecule has 1 aliphatic rings. The average Bonchev–Trinajstić information content (AvgIpc) is 3.16. The second-order valence-electron chi connectivity index (χ2n) is 5.67. The van der Waals surface area contributed by atoms with E-state index >= 15 is 0 Å². The molecular weight excluding hydrogens is 353 g/mol. The molecule has 2 heterocycles. The molecule has 1 atom stereocenters. The molecule has 0 bridgehead atoms. The molecular formula is C16H17ClFN3O2S. The van der Waals surface area contributed by atoms with Crippen molar-refractivity contribution >= 4 is 29.0 Å². The van der Waals surface area contributed by atoms with Gasteiger partial charge in [-0.15, -0.1) is 0 Å². The standard InChI is InChI=1S/C16H17ClFN3O2S/c1-10-6-12(2-3-14(10)17)21-8-13(9-22)24-16(21)19-15(23)20-5-4-11(18)7-20/h2-3,6,8,11,22H,4-5,7,9H2,1H3/b19-16-/t11-/m1/s1. The third kappa shape index (κ3) is 3.53. The molecule has 5 nitrogen and oxygen atoms in total. The summed E-state index contributed by atoms with van der Waals surface area (Å²) >= 11 is 7.28. The second kappa shape index (κ2) is 7.04. The van der Waals surface area contributed by atoms with Crippen LogP contribution in [-0.4, -0.2) is 39.9 Å². The largest absolute Gasteiger partial charge is 0.391 e. The number of urea groups is 1. The molecule has 0 spiro atoms. The lowest BCUT2D eigenvalue weighted by molar-refractivity contribution is 0.213. The Morgan fingerprint density at radius 2 is 2.33 bits per heavy atom. The molecule has 128 valence electrons. The lowest BCUT2D eigenvalue weighted by Gasteiger charge is -2.11. The lowest BCUT2D eigenvalue weighted by atomic mass is 10.2. The number of carbonyl (C=O) groups is 1. The van der Waals surface area contributed by atoms with E-state index in [0.29, 0.717) is 27.7 Å². The Hall–Kier alpha value is -1.70. The SMILES string of the molecule is Cc1cc(-n2cc(CO)s/c2=N\C(=O)N2CC[C@@H](F)C2)ccc1Cl. The first-order valence-electron chi connectivity index (χ1n) is 7.54. The number of aliphatic hydroxyl groups excluding tert-OH is 1. The minimum absolute atomic E-state index is 0.0839. The van der Waals surface area contributed by atoms with Crippen LogP contribution in [0, 0.1) is 6.92 Å². The first kappa shape index (κ1) is 17.1. The summed E-state index contributed by atoms with van der Waals surface area (Å²) in [5.41, 5.74) is 1.69. The van der Waals surface area contributed by atoms with E-state index in [9.17, 15) is 14.3 Å². The fourth-order valence-corrected chi connectivity index (χ4v) is 3.50. The zero-order chi connectivity index (χ0) is 17.3. The van der Waals surface area contributed by atoms with Gasteiger partial charge in [0.2, 0.25) is 0 Å². The van der Waals surface area contributed by atoms with Crippen molar-refractivity contribution in [2.24, 2.45) is 4.99 Å². The Bertz CT molecular complexity index is 833. The van der Waals surface area contributed by atoms with Crippen LogP contribution in [0.5, 0.6) is 0 Å². The van der Waals surface area contributed by atoms with Gasteiger partial charge in [0, 0.05) is 23.5 Å². The van der Waals surface area contributed by atoms with Gasteiger partial charge in [0.25, 0.3) is 0 Å². The summed E-state index contributed by atoms with van der Waals surface area (Å²) in [7, 11) is 0. The van der Waals surface area contributed by atoms with Gasteiger partial charge in [0.15, 0.2) is 4.80 Å². The van der Waals surface area contributed by atoms with E-state index in [1.54, 1.807) is 16.8 Å². The molecule has 1 saturated heterocycles. The molecule has 0 unspecified atom stereocenters. The fourth-order valence-electron chi connectivity index (χ4n) is 2.55. The normalized spacial score (nSPS) is 18.4. The number of aryl methyl sites for hydroxylation is 1. The van der Waals surface area contributed by atoms with Crippen LogP contribution >= 0.6 is 22.9 Å². The summed E-state index contributed by atoms with van der Waals surface area (Å²) in [6.45, 7) is 2.21. The molecule has 2 aromatic rings. The van der Waals surface area contributed by atoms with Gasteiger partial charge in [0.05, 0.1) is 18.0 Å². The van der Waals surface area contributed by atoms with Crippen molar-refractivity contribution in [3.05, 3.63) is 44.7 Å². The number of halogens is 2. The van der Waals surface area contributed by atoms with Crippen LogP contribution in [0.3, 0.4) is 0 Å². The van der Waals surface area contributed by atoms with Gasteiger partial charge in [-0.2, -0.15) is 4.99 Å². The molecule has 1 N–H and O–H groups in total. The number of aromatic nitrogens is 1.